The number of nitrogens with zero attached hydrogens (tertiary/aromatic N) is 2. The summed E-state index contributed by atoms with van der Waals surface area (Å²) >= 11 is 0. The van der Waals surface area contributed by atoms with Crippen molar-refractivity contribution in [3.8, 4) is 0 Å². The van der Waals surface area contributed by atoms with Gasteiger partial charge in [0.15, 0.2) is 14.5 Å². The number of aromatic nitrogens is 2. The van der Waals surface area contributed by atoms with E-state index in [0.29, 0.717) is 12.1 Å². The minimum Gasteiger partial charge on any atom is -0.408 e. The molecular weight excluding hydrogens is 324 g/mol. The number of aliphatic hydroxyl groups excluding tert-OH is 1. The van der Waals surface area contributed by atoms with Gasteiger partial charge in [0, 0.05) is 11.9 Å². The molecule has 24 heavy (non-hydrogen) atoms. The highest BCUT2D eigenvalue weighted by molar-refractivity contribution is 6.74. The van der Waals surface area contributed by atoms with Crippen LogP contribution >= 0.6 is 0 Å². The normalized spacial score (nSPS) is 28.3. The van der Waals surface area contributed by atoms with E-state index in [1.807, 2.05) is 6.92 Å². The maximum absolute atomic E-state index is 12.1. The number of aryl methyl sites for hydroxylation is 1. The lowest BCUT2D eigenvalue weighted by molar-refractivity contribution is -0.0404. The molecule has 4 atom stereocenters. The standard InChI is InChI=1S/C17H30N2O4Si/c1-8-12-14(23-24(6,7)17(3,4)5)13(20)15(22-12)19-10-9-11(2)18-16(19)21/h9-10,12-15,20H,8H2,1-7H3/t12-,13+,14?,15-/m1/s1. The van der Waals surface area contributed by atoms with Crippen molar-refractivity contribution in [2.75, 3.05) is 0 Å². The molecule has 0 bridgehead atoms. The molecule has 0 aromatic carbocycles. The van der Waals surface area contributed by atoms with E-state index >= 15 is 0 Å². The maximum Gasteiger partial charge on any atom is 0.349 e. The van der Waals surface area contributed by atoms with Crippen LogP contribution in [0, 0.1) is 6.92 Å². The highest BCUT2D eigenvalue weighted by atomic mass is 28.4. The molecule has 1 fully saturated rings. The van der Waals surface area contributed by atoms with Crippen LogP contribution in [0.15, 0.2) is 17.1 Å². The highest BCUT2D eigenvalue weighted by Crippen LogP contribution is 2.41. The third-order valence-electron chi connectivity index (χ3n) is 5.19. The van der Waals surface area contributed by atoms with E-state index in [0.717, 1.165) is 0 Å². The Morgan fingerprint density at radius 3 is 2.54 bits per heavy atom. The molecule has 1 aromatic rings. The molecule has 1 unspecified atom stereocenters. The fraction of sp³-hybridized carbons (Fsp3) is 0.765. The average molecular weight is 355 g/mol. The first-order valence-electron chi connectivity index (χ1n) is 8.55. The number of ether oxygens (including phenoxy) is 1. The van der Waals surface area contributed by atoms with Crippen molar-refractivity contribution < 1.29 is 14.3 Å². The Morgan fingerprint density at radius 1 is 1.42 bits per heavy atom. The minimum absolute atomic E-state index is 0.0331. The molecule has 2 heterocycles. The van der Waals surface area contributed by atoms with Gasteiger partial charge in [-0.15, -0.1) is 0 Å². The first-order valence-corrected chi connectivity index (χ1v) is 11.5. The predicted octanol–water partition coefficient (Wildman–Crippen LogP) is 2.61. The summed E-state index contributed by atoms with van der Waals surface area (Å²) in [6.07, 6.45) is -0.000965. The Hall–Kier alpha value is -1.02. The van der Waals surface area contributed by atoms with Gasteiger partial charge in [0.2, 0.25) is 0 Å². The van der Waals surface area contributed by atoms with Crippen LogP contribution < -0.4 is 5.69 Å². The second-order valence-corrected chi connectivity index (χ2v) is 12.8. The van der Waals surface area contributed by atoms with Gasteiger partial charge in [-0.3, -0.25) is 4.57 Å². The minimum atomic E-state index is -2.07. The van der Waals surface area contributed by atoms with Crippen molar-refractivity contribution in [3.63, 3.8) is 0 Å². The SMILES string of the molecule is CC[C@H]1O[C@@H](n2ccc(C)nc2=O)[C@@H](O)C1O[Si](C)(C)C(C)(C)C. The van der Waals surface area contributed by atoms with E-state index in [9.17, 15) is 9.90 Å². The van der Waals surface area contributed by atoms with Crippen LogP contribution in [0.2, 0.25) is 18.1 Å². The van der Waals surface area contributed by atoms with Gasteiger partial charge in [-0.05, 0) is 37.5 Å². The Balaban J connectivity index is 2.30. The van der Waals surface area contributed by atoms with Gasteiger partial charge in [-0.2, -0.15) is 4.98 Å². The fourth-order valence-electron chi connectivity index (χ4n) is 2.63. The monoisotopic (exact) mass is 354 g/mol. The molecule has 1 aliphatic heterocycles. The second kappa shape index (κ2) is 6.71. The molecule has 1 aliphatic rings. The molecule has 136 valence electrons. The lowest BCUT2D eigenvalue weighted by atomic mass is 10.1. The van der Waals surface area contributed by atoms with Gasteiger partial charge in [0.25, 0.3) is 0 Å². The van der Waals surface area contributed by atoms with Gasteiger partial charge in [0.05, 0.1) is 6.10 Å². The molecule has 0 spiro atoms. The number of hydrogen-bond donors (Lipinski definition) is 1. The van der Waals surface area contributed by atoms with E-state index in [4.69, 9.17) is 9.16 Å². The van der Waals surface area contributed by atoms with Crippen LogP contribution in [0.4, 0.5) is 0 Å². The van der Waals surface area contributed by atoms with Gasteiger partial charge < -0.3 is 14.3 Å². The van der Waals surface area contributed by atoms with Crippen LogP contribution in [0.25, 0.3) is 0 Å². The summed E-state index contributed by atoms with van der Waals surface area (Å²) in [6, 6.07) is 1.74. The van der Waals surface area contributed by atoms with E-state index < -0.39 is 32.4 Å². The number of rotatable bonds is 4. The quantitative estimate of drug-likeness (QED) is 0.842. The van der Waals surface area contributed by atoms with Crippen molar-refractivity contribution >= 4 is 8.32 Å². The average Bonchev–Trinajstić information content (AvgIpc) is 2.74. The highest BCUT2D eigenvalue weighted by Gasteiger charge is 2.49. The van der Waals surface area contributed by atoms with Gasteiger partial charge in [-0.1, -0.05) is 27.7 Å². The maximum atomic E-state index is 12.1. The zero-order valence-corrected chi connectivity index (χ0v) is 16.7. The van der Waals surface area contributed by atoms with E-state index in [1.165, 1.54) is 4.57 Å². The summed E-state index contributed by atoms with van der Waals surface area (Å²) in [5, 5.41) is 10.8. The lowest BCUT2D eigenvalue weighted by Crippen LogP contribution is -2.49. The molecule has 7 heteroatoms. The summed E-state index contributed by atoms with van der Waals surface area (Å²) in [5.74, 6) is 0. The molecule has 0 radical (unpaired) electrons. The molecule has 2 rings (SSSR count). The molecule has 1 N–H and O–H groups in total. The molecular formula is C17H30N2O4Si. The Kier molecular flexibility index (Phi) is 5.39. The number of aliphatic hydroxyl groups is 1. The molecule has 0 amide bonds. The molecule has 0 aliphatic carbocycles. The second-order valence-electron chi connectivity index (χ2n) is 8.07. The molecule has 0 saturated carbocycles. The van der Waals surface area contributed by atoms with Crippen molar-refractivity contribution in [3.05, 3.63) is 28.4 Å². The third kappa shape index (κ3) is 3.64. The van der Waals surface area contributed by atoms with Gasteiger partial charge in [-0.25, -0.2) is 4.79 Å². The topological polar surface area (TPSA) is 73.6 Å². The Bertz CT molecular complexity index is 638. The van der Waals surface area contributed by atoms with Crippen LogP contribution in [0.3, 0.4) is 0 Å². The van der Waals surface area contributed by atoms with Gasteiger partial charge >= 0.3 is 5.69 Å². The summed E-state index contributed by atoms with van der Waals surface area (Å²) < 4.78 is 13.7. The summed E-state index contributed by atoms with van der Waals surface area (Å²) in [5.41, 5.74) is 0.228. The van der Waals surface area contributed by atoms with Crippen molar-refractivity contribution in [2.45, 2.75) is 83.7 Å². The van der Waals surface area contributed by atoms with E-state index in [-0.39, 0.29) is 11.1 Å². The Morgan fingerprint density at radius 2 is 2.04 bits per heavy atom. The largest absolute Gasteiger partial charge is 0.408 e. The van der Waals surface area contributed by atoms with Gasteiger partial charge in [0.1, 0.15) is 12.2 Å². The Labute approximate surface area is 145 Å². The van der Waals surface area contributed by atoms with E-state index in [2.05, 4.69) is 38.8 Å². The van der Waals surface area contributed by atoms with Crippen molar-refractivity contribution in [1.29, 1.82) is 0 Å². The van der Waals surface area contributed by atoms with Crippen molar-refractivity contribution in [2.24, 2.45) is 0 Å². The molecule has 1 aromatic heterocycles. The lowest BCUT2D eigenvalue weighted by Gasteiger charge is -2.40. The first-order chi connectivity index (χ1) is 11.0. The summed E-state index contributed by atoms with van der Waals surface area (Å²) in [7, 11) is -2.07. The first kappa shape index (κ1) is 19.3. The summed E-state index contributed by atoms with van der Waals surface area (Å²) in [6.45, 7) is 14.5. The van der Waals surface area contributed by atoms with Crippen LogP contribution in [-0.4, -0.2) is 41.3 Å². The van der Waals surface area contributed by atoms with Crippen LogP contribution in [-0.2, 0) is 9.16 Å². The fourth-order valence-corrected chi connectivity index (χ4v) is 3.96. The zero-order valence-electron chi connectivity index (χ0n) is 15.7. The van der Waals surface area contributed by atoms with Crippen LogP contribution in [0.5, 0.6) is 0 Å². The van der Waals surface area contributed by atoms with Crippen molar-refractivity contribution in [1.82, 2.24) is 9.55 Å². The smallest absolute Gasteiger partial charge is 0.349 e. The third-order valence-corrected chi connectivity index (χ3v) is 9.67. The van der Waals surface area contributed by atoms with Crippen LogP contribution in [0.1, 0.15) is 46.0 Å². The van der Waals surface area contributed by atoms with E-state index in [1.54, 1.807) is 19.2 Å². The number of hydrogen-bond acceptors (Lipinski definition) is 5. The zero-order chi connectivity index (χ0) is 18.3. The summed E-state index contributed by atoms with van der Waals surface area (Å²) in [4.78, 5) is 16.1. The molecule has 1 saturated heterocycles. The molecule has 6 nitrogen and oxygen atoms in total. The predicted molar refractivity (Wildman–Crippen MR) is 95.5 cm³/mol.